The number of nitrogens with one attached hydrogen (secondary N) is 2. The second-order valence-corrected chi connectivity index (χ2v) is 6.71. The van der Waals surface area contributed by atoms with Crippen LogP contribution in [0.5, 0.6) is 0 Å². The quantitative estimate of drug-likeness (QED) is 0.772. The molecule has 0 unspecified atom stereocenters. The van der Waals surface area contributed by atoms with Crippen LogP contribution in [0, 0.1) is 6.92 Å². The van der Waals surface area contributed by atoms with E-state index in [4.69, 9.17) is 0 Å². The van der Waals surface area contributed by atoms with Crippen LogP contribution in [-0.2, 0) is 21.7 Å². The Morgan fingerprint density at radius 2 is 1.74 bits per heavy atom. The smallest absolute Gasteiger partial charge is 0.325 e. The first-order valence-corrected chi connectivity index (χ1v) is 8.98. The highest BCUT2D eigenvalue weighted by Crippen LogP contribution is 2.32. The summed E-state index contributed by atoms with van der Waals surface area (Å²) in [6.45, 7) is 3.88. The third-order valence-electron chi connectivity index (χ3n) is 4.88. The summed E-state index contributed by atoms with van der Waals surface area (Å²) in [6, 6.07) is 16.4. The average molecular weight is 365 g/mol. The van der Waals surface area contributed by atoms with Crippen molar-refractivity contribution in [1.29, 1.82) is 0 Å². The fourth-order valence-corrected chi connectivity index (χ4v) is 3.24. The molecule has 0 bridgehead atoms. The fourth-order valence-electron chi connectivity index (χ4n) is 3.24. The predicted octanol–water partition coefficient (Wildman–Crippen LogP) is 2.47. The van der Waals surface area contributed by atoms with E-state index in [2.05, 4.69) is 10.6 Å². The molecule has 2 aromatic carbocycles. The number of rotatable bonds is 6. The van der Waals surface area contributed by atoms with Crippen LogP contribution in [0.2, 0.25) is 0 Å². The number of carbonyl (C=O) groups is 3. The minimum Gasteiger partial charge on any atom is -0.350 e. The first-order chi connectivity index (χ1) is 13.0. The highest BCUT2D eigenvalue weighted by atomic mass is 16.2. The van der Waals surface area contributed by atoms with Crippen LogP contribution in [0.1, 0.15) is 30.0 Å². The Morgan fingerprint density at radius 3 is 2.37 bits per heavy atom. The van der Waals surface area contributed by atoms with Crippen LogP contribution in [0.15, 0.2) is 54.6 Å². The number of benzene rings is 2. The molecule has 2 aromatic rings. The van der Waals surface area contributed by atoms with E-state index in [9.17, 15) is 14.4 Å². The number of aryl methyl sites for hydroxylation is 1. The number of hydrogen-bond acceptors (Lipinski definition) is 3. The number of nitrogens with zero attached hydrogens (tertiary/aromatic N) is 1. The van der Waals surface area contributed by atoms with Crippen LogP contribution < -0.4 is 10.6 Å². The monoisotopic (exact) mass is 365 g/mol. The van der Waals surface area contributed by atoms with Gasteiger partial charge in [-0.1, -0.05) is 67.1 Å². The standard InChI is InChI=1S/C21H23N3O3/c1-3-21(17-7-5-4-6-8-17)19(26)24(20(27)23-21)14-18(25)22-13-16-11-9-15(2)10-12-16/h4-12H,3,13-14H2,1-2H3,(H,22,25)(H,23,27)/t21-/m1/s1. The number of carbonyl (C=O) groups excluding carboxylic acids is 3. The zero-order chi connectivity index (χ0) is 19.4. The highest BCUT2D eigenvalue weighted by Gasteiger charge is 2.51. The molecular formula is C21H23N3O3. The third kappa shape index (κ3) is 3.69. The summed E-state index contributed by atoms with van der Waals surface area (Å²) in [4.78, 5) is 38.6. The Morgan fingerprint density at radius 1 is 1.07 bits per heavy atom. The first kappa shape index (κ1) is 18.6. The molecule has 0 aromatic heterocycles. The van der Waals surface area contributed by atoms with Gasteiger partial charge in [-0.2, -0.15) is 0 Å². The topological polar surface area (TPSA) is 78.5 Å². The normalized spacial score (nSPS) is 19.1. The maximum absolute atomic E-state index is 13.0. The summed E-state index contributed by atoms with van der Waals surface area (Å²) in [6.07, 6.45) is 0.406. The van der Waals surface area contributed by atoms with E-state index in [1.165, 1.54) is 0 Å². The zero-order valence-electron chi connectivity index (χ0n) is 15.5. The van der Waals surface area contributed by atoms with Gasteiger partial charge < -0.3 is 10.6 Å². The lowest BCUT2D eigenvalue weighted by molar-refractivity contribution is -0.135. The SMILES string of the molecule is CC[C@]1(c2ccccc2)NC(=O)N(CC(=O)NCc2ccc(C)cc2)C1=O. The second-order valence-electron chi connectivity index (χ2n) is 6.71. The van der Waals surface area contributed by atoms with E-state index in [0.29, 0.717) is 18.5 Å². The van der Waals surface area contributed by atoms with Crippen molar-refractivity contribution in [2.24, 2.45) is 0 Å². The molecule has 1 saturated heterocycles. The Hall–Kier alpha value is -3.15. The molecule has 6 nitrogen and oxygen atoms in total. The molecule has 0 saturated carbocycles. The lowest BCUT2D eigenvalue weighted by Gasteiger charge is -2.25. The summed E-state index contributed by atoms with van der Waals surface area (Å²) in [7, 11) is 0. The fraction of sp³-hybridized carbons (Fsp3) is 0.286. The Kier molecular flexibility index (Phi) is 5.26. The molecule has 1 aliphatic heterocycles. The van der Waals surface area contributed by atoms with Crippen molar-refractivity contribution in [2.75, 3.05) is 6.54 Å². The minimum absolute atomic E-state index is 0.300. The van der Waals surface area contributed by atoms with Crippen LogP contribution in [0.3, 0.4) is 0 Å². The molecule has 140 valence electrons. The van der Waals surface area contributed by atoms with Crippen LogP contribution >= 0.6 is 0 Å². The van der Waals surface area contributed by atoms with Crippen molar-refractivity contribution < 1.29 is 14.4 Å². The van der Waals surface area contributed by atoms with Crippen LogP contribution in [0.4, 0.5) is 4.79 Å². The molecule has 1 heterocycles. The Labute approximate surface area is 158 Å². The molecule has 1 atom stereocenters. The van der Waals surface area contributed by atoms with Crippen molar-refractivity contribution in [3.63, 3.8) is 0 Å². The van der Waals surface area contributed by atoms with E-state index in [-0.39, 0.29) is 12.5 Å². The van der Waals surface area contributed by atoms with Gasteiger partial charge in [0.05, 0.1) is 0 Å². The van der Waals surface area contributed by atoms with Crippen molar-refractivity contribution in [3.8, 4) is 0 Å². The van der Waals surface area contributed by atoms with Crippen LogP contribution in [-0.4, -0.2) is 29.3 Å². The number of amides is 4. The Bertz CT molecular complexity index is 849. The third-order valence-corrected chi connectivity index (χ3v) is 4.88. The minimum atomic E-state index is -1.12. The van der Waals surface area contributed by atoms with E-state index < -0.39 is 17.5 Å². The average Bonchev–Trinajstić information content (AvgIpc) is 2.93. The molecule has 0 radical (unpaired) electrons. The molecule has 3 rings (SSSR count). The van der Waals surface area contributed by atoms with Gasteiger partial charge >= 0.3 is 6.03 Å². The Balaban J connectivity index is 1.68. The van der Waals surface area contributed by atoms with Crippen molar-refractivity contribution in [2.45, 2.75) is 32.4 Å². The molecule has 2 N–H and O–H groups in total. The van der Waals surface area contributed by atoms with Crippen molar-refractivity contribution >= 4 is 17.8 Å². The summed E-state index contributed by atoms with van der Waals surface area (Å²) >= 11 is 0. The molecule has 1 aliphatic rings. The van der Waals surface area contributed by atoms with E-state index >= 15 is 0 Å². The number of imide groups is 1. The molecular weight excluding hydrogens is 342 g/mol. The van der Waals surface area contributed by atoms with Gasteiger partial charge in [-0.3, -0.25) is 14.5 Å². The lowest BCUT2D eigenvalue weighted by Crippen LogP contribution is -2.44. The predicted molar refractivity (Wildman–Crippen MR) is 102 cm³/mol. The van der Waals surface area contributed by atoms with Gasteiger partial charge in [0.2, 0.25) is 5.91 Å². The van der Waals surface area contributed by atoms with Gasteiger partial charge in [0.1, 0.15) is 12.1 Å². The van der Waals surface area contributed by atoms with Gasteiger partial charge in [-0.15, -0.1) is 0 Å². The van der Waals surface area contributed by atoms with E-state index in [1.54, 1.807) is 0 Å². The maximum Gasteiger partial charge on any atom is 0.325 e. The van der Waals surface area contributed by atoms with Crippen LogP contribution in [0.25, 0.3) is 0 Å². The molecule has 0 aliphatic carbocycles. The van der Waals surface area contributed by atoms with Gasteiger partial charge in [-0.25, -0.2) is 4.79 Å². The van der Waals surface area contributed by atoms with Gasteiger partial charge in [-0.05, 0) is 24.5 Å². The van der Waals surface area contributed by atoms with Crippen molar-refractivity contribution in [3.05, 3.63) is 71.3 Å². The first-order valence-electron chi connectivity index (χ1n) is 8.98. The summed E-state index contributed by atoms with van der Waals surface area (Å²) in [5.74, 6) is -0.772. The highest BCUT2D eigenvalue weighted by molar-refractivity contribution is 6.09. The summed E-state index contributed by atoms with van der Waals surface area (Å²) in [5.41, 5.74) is 1.70. The zero-order valence-corrected chi connectivity index (χ0v) is 15.5. The summed E-state index contributed by atoms with van der Waals surface area (Å²) in [5, 5.41) is 5.53. The largest absolute Gasteiger partial charge is 0.350 e. The molecule has 6 heteroatoms. The summed E-state index contributed by atoms with van der Waals surface area (Å²) < 4.78 is 0. The molecule has 0 spiro atoms. The lowest BCUT2D eigenvalue weighted by atomic mass is 9.87. The number of hydrogen-bond donors (Lipinski definition) is 2. The van der Waals surface area contributed by atoms with E-state index in [1.807, 2.05) is 68.4 Å². The maximum atomic E-state index is 13.0. The van der Waals surface area contributed by atoms with Gasteiger partial charge in [0, 0.05) is 6.54 Å². The second kappa shape index (κ2) is 7.61. The molecule has 27 heavy (non-hydrogen) atoms. The van der Waals surface area contributed by atoms with Gasteiger partial charge in [0.25, 0.3) is 5.91 Å². The van der Waals surface area contributed by atoms with Crippen molar-refractivity contribution in [1.82, 2.24) is 15.5 Å². The molecule has 4 amide bonds. The van der Waals surface area contributed by atoms with Gasteiger partial charge in [0.15, 0.2) is 0 Å². The molecule has 1 fully saturated rings. The number of urea groups is 1. The van der Waals surface area contributed by atoms with E-state index in [0.717, 1.165) is 16.0 Å².